The fraction of sp³-hybridized carbons (Fsp3) is 0.643. The van der Waals surface area contributed by atoms with E-state index in [9.17, 15) is 14.4 Å². The molecule has 21 heavy (non-hydrogen) atoms. The van der Waals surface area contributed by atoms with Crippen LogP contribution in [0, 0.1) is 0 Å². The number of rotatable bonds is 7. The van der Waals surface area contributed by atoms with Gasteiger partial charge in [0.15, 0.2) is 0 Å². The third-order valence-corrected chi connectivity index (χ3v) is 2.09. The van der Waals surface area contributed by atoms with Crippen LogP contribution in [0.1, 0.15) is 34.1 Å². The van der Waals surface area contributed by atoms with Crippen LogP contribution in [-0.4, -0.2) is 43.1 Å². The summed E-state index contributed by atoms with van der Waals surface area (Å²) < 4.78 is 5.00. The number of amides is 3. The first kappa shape index (κ1) is 18.9. The number of ether oxygens (including phenoxy) is 1. The standard InChI is InChI=1S/C14H25N3O4/c1-5-7-11(18)15-8-6-9-16-12(19)10-17-13(20)21-14(2,3)4/h5,7H,6,8-10H2,1-4H3,(H,15,18)(H,16,19)(H,17,20)/b7-5+. The summed E-state index contributed by atoms with van der Waals surface area (Å²) in [6, 6.07) is 0. The molecule has 0 heterocycles. The molecule has 0 atom stereocenters. The normalized spacial score (nSPS) is 11.0. The molecule has 0 rings (SSSR count). The number of hydrogen-bond acceptors (Lipinski definition) is 4. The van der Waals surface area contributed by atoms with Crippen LogP contribution in [-0.2, 0) is 14.3 Å². The quantitative estimate of drug-likeness (QED) is 0.476. The average molecular weight is 299 g/mol. The molecule has 0 saturated carbocycles. The van der Waals surface area contributed by atoms with E-state index >= 15 is 0 Å². The predicted molar refractivity (Wildman–Crippen MR) is 79.7 cm³/mol. The summed E-state index contributed by atoms with van der Waals surface area (Å²) >= 11 is 0. The molecule has 7 heteroatoms. The van der Waals surface area contributed by atoms with Crippen molar-refractivity contribution in [2.75, 3.05) is 19.6 Å². The van der Waals surface area contributed by atoms with Crippen LogP contribution in [0.4, 0.5) is 4.79 Å². The van der Waals surface area contributed by atoms with Crippen molar-refractivity contribution >= 4 is 17.9 Å². The van der Waals surface area contributed by atoms with Crippen molar-refractivity contribution in [3.8, 4) is 0 Å². The first-order valence-electron chi connectivity index (χ1n) is 6.88. The van der Waals surface area contributed by atoms with Gasteiger partial charge in [-0.3, -0.25) is 9.59 Å². The fourth-order valence-electron chi connectivity index (χ4n) is 1.27. The molecule has 0 aliphatic heterocycles. The SMILES string of the molecule is C/C=C/C(=O)NCCCNC(=O)CNC(=O)OC(C)(C)C. The van der Waals surface area contributed by atoms with E-state index in [1.807, 2.05) is 0 Å². The molecular weight excluding hydrogens is 274 g/mol. The van der Waals surface area contributed by atoms with Gasteiger partial charge in [-0.05, 0) is 40.2 Å². The number of carbonyl (C=O) groups is 3. The predicted octanol–water partition coefficient (Wildman–Crippen LogP) is 0.710. The number of nitrogens with one attached hydrogen (secondary N) is 3. The molecule has 0 aliphatic carbocycles. The number of alkyl carbamates (subject to hydrolysis) is 1. The Bertz CT molecular complexity index is 386. The van der Waals surface area contributed by atoms with Gasteiger partial charge in [0.2, 0.25) is 11.8 Å². The number of carbonyl (C=O) groups excluding carboxylic acids is 3. The first-order chi connectivity index (χ1) is 9.74. The van der Waals surface area contributed by atoms with Gasteiger partial charge in [-0.1, -0.05) is 6.08 Å². The highest BCUT2D eigenvalue weighted by Gasteiger charge is 2.16. The van der Waals surface area contributed by atoms with Gasteiger partial charge in [0.1, 0.15) is 5.60 Å². The summed E-state index contributed by atoms with van der Waals surface area (Å²) in [5.41, 5.74) is -0.592. The summed E-state index contributed by atoms with van der Waals surface area (Å²) in [6.07, 6.45) is 3.07. The molecule has 120 valence electrons. The Morgan fingerprint density at radius 3 is 2.24 bits per heavy atom. The van der Waals surface area contributed by atoms with Gasteiger partial charge >= 0.3 is 6.09 Å². The van der Waals surface area contributed by atoms with Crippen molar-refractivity contribution in [2.45, 2.75) is 39.7 Å². The minimum absolute atomic E-state index is 0.139. The lowest BCUT2D eigenvalue weighted by molar-refractivity contribution is -0.120. The first-order valence-corrected chi connectivity index (χ1v) is 6.88. The van der Waals surface area contributed by atoms with Crippen molar-refractivity contribution in [3.63, 3.8) is 0 Å². The molecular formula is C14H25N3O4. The molecule has 0 fully saturated rings. The maximum Gasteiger partial charge on any atom is 0.408 e. The van der Waals surface area contributed by atoms with Crippen LogP contribution >= 0.6 is 0 Å². The van der Waals surface area contributed by atoms with E-state index in [1.165, 1.54) is 6.08 Å². The minimum atomic E-state index is -0.628. The zero-order valence-electron chi connectivity index (χ0n) is 13.1. The van der Waals surface area contributed by atoms with Crippen LogP contribution < -0.4 is 16.0 Å². The Labute approximate surface area is 125 Å². The van der Waals surface area contributed by atoms with E-state index in [4.69, 9.17) is 4.74 Å². The number of allylic oxidation sites excluding steroid dienone is 1. The molecule has 0 radical (unpaired) electrons. The van der Waals surface area contributed by atoms with E-state index < -0.39 is 11.7 Å². The van der Waals surface area contributed by atoms with Gasteiger partial charge in [0, 0.05) is 13.1 Å². The highest BCUT2D eigenvalue weighted by atomic mass is 16.6. The maximum atomic E-state index is 11.4. The Morgan fingerprint density at radius 1 is 1.05 bits per heavy atom. The molecule has 7 nitrogen and oxygen atoms in total. The van der Waals surface area contributed by atoms with Gasteiger partial charge in [-0.15, -0.1) is 0 Å². The monoisotopic (exact) mass is 299 g/mol. The summed E-state index contributed by atoms with van der Waals surface area (Å²) in [6.45, 7) is 7.75. The molecule has 0 aliphatic rings. The Kier molecular flexibility index (Phi) is 8.84. The molecule has 3 N–H and O–H groups in total. The highest BCUT2D eigenvalue weighted by molar-refractivity contribution is 5.87. The van der Waals surface area contributed by atoms with E-state index in [2.05, 4.69) is 16.0 Å². The van der Waals surface area contributed by atoms with Crippen LogP contribution in [0.15, 0.2) is 12.2 Å². The topological polar surface area (TPSA) is 96.5 Å². The summed E-state index contributed by atoms with van der Waals surface area (Å²) in [5.74, 6) is -0.462. The molecule has 0 aromatic heterocycles. The molecule has 0 spiro atoms. The molecule has 0 bridgehead atoms. The van der Waals surface area contributed by atoms with Gasteiger partial charge in [-0.25, -0.2) is 4.79 Å². The second-order valence-corrected chi connectivity index (χ2v) is 5.35. The summed E-state index contributed by atoms with van der Waals surface area (Å²) in [7, 11) is 0. The molecule has 0 saturated heterocycles. The maximum absolute atomic E-state index is 11.4. The zero-order chi connectivity index (χ0) is 16.3. The van der Waals surface area contributed by atoms with Gasteiger partial charge in [0.25, 0.3) is 0 Å². The number of hydrogen-bond donors (Lipinski definition) is 3. The summed E-state index contributed by atoms with van der Waals surface area (Å²) in [4.78, 5) is 33.8. The van der Waals surface area contributed by atoms with Crippen LogP contribution in [0.2, 0.25) is 0 Å². The van der Waals surface area contributed by atoms with Crippen molar-refractivity contribution in [1.82, 2.24) is 16.0 Å². The zero-order valence-corrected chi connectivity index (χ0v) is 13.1. The molecule has 0 unspecified atom stereocenters. The Balaban J connectivity index is 3.64. The van der Waals surface area contributed by atoms with E-state index in [-0.39, 0.29) is 18.4 Å². The van der Waals surface area contributed by atoms with Crippen LogP contribution in [0.25, 0.3) is 0 Å². The van der Waals surface area contributed by atoms with Crippen LogP contribution in [0.5, 0.6) is 0 Å². The highest BCUT2D eigenvalue weighted by Crippen LogP contribution is 2.05. The second-order valence-electron chi connectivity index (χ2n) is 5.35. The Morgan fingerprint density at radius 2 is 1.67 bits per heavy atom. The van der Waals surface area contributed by atoms with Gasteiger partial charge in [-0.2, -0.15) is 0 Å². The van der Waals surface area contributed by atoms with E-state index in [1.54, 1.807) is 33.8 Å². The van der Waals surface area contributed by atoms with Crippen LogP contribution in [0.3, 0.4) is 0 Å². The third-order valence-electron chi connectivity index (χ3n) is 2.09. The van der Waals surface area contributed by atoms with Crippen molar-refractivity contribution in [1.29, 1.82) is 0 Å². The van der Waals surface area contributed by atoms with Gasteiger partial charge < -0.3 is 20.7 Å². The molecule has 3 amide bonds. The fourth-order valence-corrected chi connectivity index (χ4v) is 1.27. The van der Waals surface area contributed by atoms with Crippen molar-refractivity contribution in [2.24, 2.45) is 0 Å². The van der Waals surface area contributed by atoms with E-state index in [0.29, 0.717) is 19.5 Å². The Hall–Kier alpha value is -2.05. The molecule has 0 aromatic carbocycles. The lowest BCUT2D eigenvalue weighted by Crippen LogP contribution is -2.40. The minimum Gasteiger partial charge on any atom is -0.444 e. The largest absolute Gasteiger partial charge is 0.444 e. The third kappa shape index (κ3) is 12.7. The summed E-state index contributed by atoms with van der Waals surface area (Å²) in [5, 5.41) is 7.66. The molecule has 0 aromatic rings. The van der Waals surface area contributed by atoms with E-state index in [0.717, 1.165) is 0 Å². The average Bonchev–Trinajstić information content (AvgIpc) is 2.34. The van der Waals surface area contributed by atoms with Crippen molar-refractivity contribution < 1.29 is 19.1 Å². The second kappa shape index (κ2) is 9.79. The lowest BCUT2D eigenvalue weighted by Gasteiger charge is -2.19. The lowest BCUT2D eigenvalue weighted by atomic mass is 10.2. The smallest absolute Gasteiger partial charge is 0.408 e. The van der Waals surface area contributed by atoms with Crippen molar-refractivity contribution in [3.05, 3.63) is 12.2 Å². The van der Waals surface area contributed by atoms with Gasteiger partial charge in [0.05, 0.1) is 6.54 Å².